The molecule has 1 aliphatic heterocycles. The number of thioether (sulfide) groups is 3. The van der Waals surface area contributed by atoms with Gasteiger partial charge in [-0.15, -0.1) is 46.6 Å². The van der Waals surface area contributed by atoms with E-state index >= 15 is 0 Å². The summed E-state index contributed by atoms with van der Waals surface area (Å²) in [5.41, 5.74) is 2.89. The summed E-state index contributed by atoms with van der Waals surface area (Å²) < 4.78 is 0.472. The maximum absolute atomic E-state index is 13.0. The van der Waals surface area contributed by atoms with E-state index < -0.39 is 0 Å². The zero-order chi connectivity index (χ0) is 19.2. The molecule has 1 aliphatic rings. The summed E-state index contributed by atoms with van der Waals surface area (Å²) in [6.07, 6.45) is 1.28. The number of rotatable bonds is 6. The third kappa shape index (κ3) is 5.17. The second kappa shape index (κ2) is 9.92. The summed E-state index contributed by atoms with van der Waals surface area (Å²) in [6.45, 7) is 0. The summed E-state index contributed by atoms with van der Waals surface area (Å²) in [5.74, 6) is 3.26. The first kappa shape index (κ1) is 20.0. The van der Waals surface area contributed by atoms with Gasteiger partial charge in [0, 0.05) is 21.2 Å². The number of amides is 1. The van der Waals surface area contributed by atoms with Gasteiger partial charge >= 0.3 is 0 Å². The average molecular weight is 444 g/mol. The van der Waals surface area contributed by atoms with Crippen molar-refractivity contribution >= 4 is 58.2 Å². The standard InChI is InChI=1S/C22H21NOS4/c24-21(19-9-1-2-10-20(19)28-15-18-8-4-11-25-18)23-17-7-3-6-16(14-17)22-26-12-5-13-27-22/h1-4,6-11,14,22H,5,12-13,15H2,(H,23,24). The molecule has 6 heteroatoms. The maximum atomic E-state index is 13.0. The van der Waals surface area contributed by atoms with E-state index in [0.29, 0.717) is 4.58 Å². The largest absolute Gasteiger partial charge is 0.322 e. The van der Waals surface area contributed by atoms with Crippen LogP contribution in [0.5, 0.6) is 0 Å². The second-order valence-electron chi connectivity index (χ2n) is 6.37. The SMILES string of the molecule is O=C(Nc1cccc(C2SCCCS2)c1)c1ccccc1SCc1cccs1. The molecule has 1 N–H and O–H groups in total. The molecule has 2 nitrogen and oxygen atoms in total. The molecule has 1 aromatic heterocycles. The Morgan fingerprint density at radius 1 is 1.04 bits per heavy atom. The van der Waals surface area contributed by atoms with Crippen molar-refractivity contribution in [2.24, 2.45) is 0 Å². The number of carbonyl (C=O) groups excluding carboxylic acids is 1. The fraction of sp³-hybridized carbons (Fsp3) is 0.227. The van der Waals surface area contributed by atoms with Crippen molar-refractivity contribution in [3.05, 3.63) is 82.0 Å². The first-order valence-corrected chi connectivity index (χ1v) is 13.1. The first-order chi connectivity index (χ1) is 13.8. The van der Waals surface area contributed by atoms with Crippen molar-refractivity contribution in [2.45, 2.75) is 21.7 Å². The highest BCUT2D eigenvalue weighted by Crippen LogP contribution is 2.44. The van der Waals surface area contributed by atoms with Gasteiger partial charge in [0.25, 0.3) is 5.91 Å². The molecule has 0 bridgehead atoms. The number of benzene rings is 2. The van der Waals surface area contributed by atoms with Gasteiger partial charge in [-0.3, -0.25) is 4.79 Å². The van der Waals surface area contributed by atoms with Crippen LogP contribution in [0, 0.1) is 0 Å². The Balaban J connectivity index is 1.46. The van der Waals surface area contributed by atoms with Crippen LogP contribution in [0.25, 0.3) is 0 Å². The Morgan fingerprint density at radius 3 is 2.71 bits per heavy atom. The van der Waals surface area contributed by atoms with E-state index in [0.717, 1.165) is 21.9 Å². The Bertz CT molecular complexity index is 920. The molecule has 0 radical (unpaired) electrons. The third-order valence-corrected chi connectivity index (χ3v) is 9.52. The van der Waals surface area contributed by atoms with E-state index in [1.807, 2.05) is 59.9 Å². The van der Waals surface area contributed by atoms with Crippen molar-refractivity contribution in [3.63, 3.8) is 0 Å². The number of hydrogen-bond donors (Lipinski definition) is 1. The Hall–Kier alpha value is -1.34. The number of nitrogens with one attached hydrogen (secondary N) is 1. The van der Waals surface area contributed by atoms with Crippen LogP contribution in [0.2, 0.25) is 0 Å². The van der Waals surface area contributed by atoms with Gasteiger partial charge in [0.15, 0.2) is 0 Å². The summed E-state index contributed by atoms with van der Waals surface area (Å²) in [4.78, 5) is 15.3. The van der Waals surface area contributed by atoms with Gasteiger partial charge in [0.1, 0.15) is 0 Å². The number of carbonyl (C=O) groups is 1. The second-order valence-corrected chi connectivity index (χ2v) is 11.1. The molecule has 0 saturated carbocycles. The highest BCUT2D eigenvalue weighted by molar-refractivity contribution is 8.16. The predicted molar refractivity (Wildman–Crippen MR) is 127 cm³/mol. The van der Waals surface area contributed by atoms with Gasteiger partial charge < -0.3 is 5.32 Å². The van der Waals surface area contributed by atoms with Crippen LogP contribution in [-0.4, -0.2) is 17.4 Å². The quantitative estimate of drug-likeness (QED) is 0.409. The van der Waals surface area contributed by atoms with E-state index in [2.05, 4.69) is 35.0 Å². The van der Waals surface area contributed by atoms with E-state index in [-0.39, 0.29) is 5.91 Å². The molecule has 28 heavy (non-hydrogen) atoms. The molecule has 4 rings (SSSR count). The molecule has 0 aliphatic carbocycles. The zero-order valence-corrected chi connectivity index (χ0v) is 18.6. The van der Waals surface area contributed by atoms with Crippen molar-refractivity contribution < 1.29 is 4.79 Å². The van der Waals surface area contributed by atoms with Crippen LogP contribution < -0.4 is 5.32 Å². The first-order valence-electron chi connectivity index (χ1n) is 9.18. The minimum absolute atomic E-state index is 0.0459. The lowest BCUT2D eigenvalue weighted by Crippen LogP contribution is -2.13. The molecule has 2 aromatic carbocycles. The predicted octanol–water partition coefficient (Wildman–Crippen LogP) is 7.16. The van der Waals surface area contributed by atoms with Crippen molar-refractivity contribution in [1.29, 1.82) is 0 Å². The minimum atomic E-state index is -0.0459. The lowest BCUT2D eigenvalue weighted by molar-refractivity contribution is 0.102. The monoisotopic (exact) mass is 443 g/mol. The van der Waals surface area contributed by atoms with Crippen LogP contribution in [0.1, 0.15) is 31.8 Å². The van der Waals surface area contributed by atoms with Crippen molar-refractivity contribution in [1.82, 2.24) is 0 Å². The summed E-state index contributed by atoms with van der Waals surface area (Å²) in [7, 11) is 0. The number of anilines is 1. The molecule has 1 fully saturated rings. The summed E-state index contributed by atoms with van der Waals surface area (Å²) >= 11 is 7.45. The van der Waals surface area contributed by atoms with Gasteiger partial charge in [-0.1, -0.05) is 30.3 Å². The Labute approximate surface area is 182 Å². The number of hydrogen-bond acceptors (Lipinski definition) is 5. The highest BCUT2D eigenvalue weighted by Gasteiger charge is 2.17. The third-order valence-electron chi connectivity index (χ3n) is 4.33. The van der Waals surface area contributed by atoms with Gasteiger partial charge in [-0.25, -0.2) is 0 Å². The minimum Gasteiger partial charge on any atom is -0.322 e. The van der Waals surface area contributed by atoms with Gasteiger partial charge in [0.2, 0.25) is 0 Å². The maximum Gasteiger partial charge on any atom is 0.256 e. The fourth-order valence-corrected chi connectivity index (χ4v) is 7.66. The van der Waals surface area contributed by atoms with Crippen LogP contribution in [0.3, 0.4) is 0 Å². The van der Waals surface area contributed by atoms with Crippen LogP contribution in [0.4, 0.5) is 5.69 Å². The van der Waals surface area contributed by atoms with Crippen LogP contribution in [-0.2, 0) is 5.75 Å². The molecule has 0 atom stereocenters. The van der Waals surface area contributed by atoms with E-state index in [4.69, 9.17) is 0 Å². The summed E-state index contributed by atoms with van der Waals surface area (Å²) in [6, 6.07) is 20.3. The van der Waals surface area contributed by atoms with Gasteiger partial charge in [-0.05, 0) is 59.2 Å². The molecule has 3 aromatic rings. The zero-order valence-electron chi connectivity index (χ0n) is 15.3. The smallest absolute Gasteiger partial charge is 0.256 e. The normalized spacial score (nSPS) is 14.7. The van der Waals surface area contributed by atoms with E-state index in [1.54, 1.807) is 23.1 Å². The van der Waals surface area contributed by atoms with Crippen molar-refractivity contribution in [3.8, 4) is 0 Å². The Kier molecular flexibility index (Phi) is 7.07. The van der Waals surface area contributed by atoms with Crippen molar-refractivity contribution in [2.75, 3.05) is 16.8 Å². The van der Waals surface area contributed by atoms with Gasteiger partial charge in [0.05, 0.1) is 10.1 Å². The molecule has 0 unspecified atom stereocenters. The molecule has 1 amide bonds. The lowest BCUT2D eigenvalue weighted by atomic mass is 10.2. The van der Waals surface area contributed by atoms with Crippen LogP contribution in [0.15, 0.2) is 70.9 Å². The van der Waals surface area contributed by atoms with E-state index in [1.165, 1.54) is 28.4 Å². The molecular formula is C22H21NOS4. The topological polar surface area (TPSA) is 29.1 Å². The average Bonchev–Trinajstić information content (AvgIpc) is 3.27. The molecule has 2 heterocycles. The molecule has 1 saturated heterocycles. The highest BCUT2D eigenvalue weighted by atomic mass is 32.2. The molecular weight excluding hydrogens is 423 g/mol. The van der Waals surface area contributed by atoms with Gasteiger partial charge in [-0.2, -0.15) is 0 Å². The van der Waals surface area contributed by atoms with E-state index in [9.17, 15) is 4.79 Å². The Morgan fingerprint density at radius 2 is 1.89 bits per heavy atom. The molecule has 0 spiro atoms. The summed E-state index contributed by atoms with van der Waals surface area (Å²) in [5, 5.41) is 5.19. The van der Waals surface area contributed by atoms with Crippen LogP contribution >= 0.6 is 46.6 Å². The lowest BCUT2D eigenvalue weighted by Gasteiger charge is -2.21. The number of thiophene rings is 1. The molecule has 144 valence electrons. The fourth-order valence-electron chi connectivity index (χ4n) is 2.97.